The van der Waals surface area contributed by atoms with Crippen molar-refractivity contribution in [1.82, 2.24) is 4.98 Å². The van der Waals surface area contributed by atoms with Crippen LogP contribution in [-0.4, -0.2) is 16.1 Å². The molecule has 2 aromatic rings. The second kappa shape index (κ2) is 5.68. The van der Waals surface area contributed by atoms with Crippen LogP contribution in [0, 0.1) is 29.1 Å². The number of rotatable bonds is 3. The Balaban J connectivity index is 2.42. The molecule has 1 heterocycles. The second-order valence-corrected chi connectivity index (χ2v) is 4.72. The van der Waals surface area contributed by atoms with Crippen molar-refractivity contribution in [3.05, 3.63) is 53.0 Å². The van der Waals surface area contributed by atoms with Crippen molar-refractivity contribution in [2.75, 3.05) is 0 Å². The van der Waals surface area contributed by atoms with E-state index < -0.39 is 40.0 Å². The average Bonchev–Trinajstić information content (AvgIpc) is 2.48. The summed E-state index contributed by atoms with van der Waals surface area (Å²) in [5, 5.41) is 8.53. The van der Waals surface area contributed by atoms with Crippen molar-refractivity contribution in [2.24, 2.45) is 0 Å². The van der Waals surface area contributed by atoms with E-state index in [1.165, 1.54) is 0 Å². The summed E-state index contributed by atoms with van der Waals surface area (Å²) in [6.07, 6.45) is 0.900. The summed E-state index contributed by atoms with van der Waals surface area (Å²) < 4.78 is 65.7. The fourth-order valence-electron chi connectivity index (χ4n) is 1.35. The summed E-state index contributed by atoms with van der Waals surface area (Å²) in [5.41, 5.74) is -0.184. The van der Waals surface area contributed by atoms with Gasteiger partial charge in [-0.2, -0.15) is 0 Å². The van der Waals surface area contributed by atoms with Gasteiger partial charge in [0.15, 0.2) is 23.3 Å². The molecule has 0 spiro atoms. The summed E-state index contributed by atoms with van der Waals surface area (Å²) in [7, 11) is 0. The molecule has 2 rings (SSSR count). The SMILES string of the molecule is O=C(O)c1ccc(Sc2c(F)c(F)c(F)c(F)c2F)nc1. The molecule has 21 heavy (non-hydrogen) atoms. The average molecular weight is 321 g/mol. The highest BCUT2D eigenvalue weighted by molar-refractivity contribution is 7.99. The third-order valence-electron chi connectivity index (χ3n) is 2.36. The molecule has 0 fully saturated rings. The molecular formula is C12H4F5NO2S. The van der Waals surface area contributed by atoms with E-state index in [0.29, 0.717) is 0 Å². The minimum atomic E-state index is -2.25. The molecule has 0 saturated carbocycles. The lowest BCUT2D eigenvalue weighted by Gasteiger charge is -2.07. The van der Waals surface area contributed by atoms with E-state index in [-0.39, 0.29) is 22.4 Å². The largest absolute Gasteiger partial charge is 0.478 e. The van der Waals surface area contributed by atoms with Crippen LogP contribution in [0.2, 0.25) is 0 Å². The standard InChI is InChI=1S/C12H4F5NO2S/c13-6-7(14)9(16)11(10(17)8(6)15)21-5-2-1-4(3-18-5)12(19)20/h1-3H,(H,19,20). The number of carboxylic acids is 1. The third kappa shape index (κ3) is 2.82. The number of carboxylic acid groups (broad SMARTS) is 1. The lowest BCUT2D eigenvalue weighted by atomic mass is 10.3. The quantitative estimate of drug-likeness (QED) is 0.533. The fraction of sp³-hybridized carbons (Fsp3) is 0. The lowest BCUT2D eigenvalue weighted by Crippen LogP contribution is -2.03. The topological polar surface area (TPSA) is 50.2 Å². The zero-order valence-corrected chi connectivity index (χ0v) is 10.6. The highest BCUT2D eigenvalue weighted by Crippen LogP contribution is 2.34. The summed E-state index contributed by atoms with van der Waals surface area (Å²) in [6, 6.07) is 2.18. The van der Waals surface area contributed by atoms with Crippen LogP contribution in [0.1, 0.15) is 10.4 Å². The van der Waals surface area contributed by atoms with Crippen molar-refractivity contribution in [3.63, 3.8) is 0 Å². The molecule has 1 aromatic carbocycles. The summed E-state index contributed by atoms with van der Waals surface area (Å²) in [4.78, 5) is 13.1. The molecule has 0 unspecified atom stereocenters. The Hall–Kier alpha value is -2.16. The number of hydrogen-bond donors (Lipinski definition) is 1. The zero-order valence-electron chi connectivity index (χ0n) is 9.83. The second-order valence-electron chi connectivity index (χ2n) is 3.69. The first-order valence-corrected chi connectivity index (χ1v) is 6.03. The van der Waals surface area contributed by atoms with Gasteiger partial charge in [0.2, 0.25) is 5.82 Å². The van der Waals surface area contributed by atoms with Crippen LogP contribution in [0.25, 0.3) is 0 Å². The number of pyridine rings is 1. The van der Waals surface area contributed by atoms with E-state index in [1.807, 2.05) is 0 Å². The van der Waals surface area contributed by atoms with Crippen molar-refractivity contribution in [1.29, 1.82) is 0 Å². The van der Waals surface area contributed by atoms with E-state index in [2.05, 4.69) is 4.98 Å². The monoisotopic (exact) mass is 321 g/mol. The first-order valence-electron chi connectivity index (χ1n) is 5.21. The van der Waals surface area contributed by atoms with Gasteiger partial charge in [-0.15, -0.1) is 0 Å². The van der Waals surface area contributed by atoms with Crippen molar-refractivity contribution >= 4 is 17.7 Å². The Morgan fingerprint density at radius 1 is 0.952 bits per heavy atom. The van der Waals surface area contributed by atoms with E-state index in [0.717, 1.165) is 18.3 Å². The van der Waals surface area contributed by atoms with Gasteiger partial charge in [-0.25, -0.2) is 31.7 Å². The van der Waals surface area contributed by atoms with Crippen molar-refractivity contribution < 1.29 is 31.9 Å². The number of nitrogens with zero attached hydrogens (tertiary/aromatic N) is 1. The molecule has 0 amide bonds. The highest BCUT2D eigenvalue weighted by atomic mass is 32.2. The first kappa shape index (κ1) is 15.2. The van der Waals surface area contributed by atoms with Crippen LogP contribution in [0.5, 0.6) is 0 Å². The van der Waals surface area contributed by atoms with Gasteiger partial charge in [-0.3, -0.25) is 0 Å². The summed E-state index contributed by atoms with van der Waals surface area (Å²) >= 11 is 0.198. The minimum absolute atomic E-state index is 0.122. The van der Waals surface area contributed by atoms with Crippen LogP contribution in [0.4, 0.5) is 22.0 Å². The van der Waals surface area contributed by atoms with Gasteiger partial charge in [0.05, 0.1) is 10.5 Å². The first-order chi connectivity index (χ1) is 9.82. The van der Waals surface area contributed by atoms with E-state index in [9.17, 15) is 26.7 Å². The smallest absolute Gasteiger partial charge is 0.337 e. The summed E-state index contributed by atoms with van der Waals surface area (Å²) in [6.45, 7) is 0. The molecule has 0 aliphatic carbocycles. The van der Waals surface area contributed by atoms with Gasteiger partial charge in [-0.05, 0) is 12.1 Å². The Kier molecular flexibility index (Phi) is 4.12. The number of benzene rings is 1. The molecule has 0 atom stereocenters. The Labute approximate surface area is 118 Å². The molecule has 1 aromatic heterocycles. The number of halogens is 5. The normalized spacial score (nSPS) is 10.7. The Morgan fingerprint density at radius 3 is 1.90 bits per heavy atom. The maximum Gasteiger partial charge on any atom is 0.337 e. The summed E-state index contributed by atoms with van der Waals surface area (Å²) in [5.74, 6) is -11.6. The number of hydrogen-bond acceptors (Lipinski definition) is 3. The van der Waals surface area contributed by atoms with Crippen LogP contribution < -0.4 is 0 Å². The predicted molar refractivity (Wildman–Crippen MR) is 61.6 cm³/mol. The molecule has 3 nitrogen and oxygen atoms in total. The highest BCUT2D eigenvalue weighted by Gasteiger charge is 2.26. The van der Waals surface area contributed by atoms with Gasteiger partial charge < -0.3 is 5.11 Å². The third-order valence-corrected chi connectivity index (χ3v) is 3.37. The van der Waals surface area contributed by atoms with Gasteiger partial charge in [0.1, 0.15) is 5.03 Å². The van der Waals surface area contributed by atoms with Crippen LogP contribution in [-0.2, 0) is 0 Å². The Bertz CT molecular complexity index is 692. The molecule has 0 bridgehead atoms. The number of aromatic nitrogens is 1. The molecule has 0 saturated heterocycles. The molecule has 0 aliphatic heterocycles. The Morgan fingerprint density at radius 2 is 1.48 bits per heavy atom. The molecule has 9 heteroatoms. The molecule has 1 N–H and O–H groups in total. The lowest BCUT2D eigenvalue weighted by molar-refractivity contribution is 0.0696. The van der Waals surface area contributed by atoms with Gasteiger partial charge in [0.25, 0.3) is 0 Å². The van der Waals surface area contributed by atoms with Gasteiger partial charge in [0, 0.05) is 6.20 Å². The fourth-order valence-corrected chi connectivity index (χ4v) is 2.16. The van der Waals surface area contributed by atoms with Gasteiger partial charge in [-0.1, -0.05) is 11.8 Å². The molecule has 0 aliphatic rings. The van der Waals surface area contributed by atoms with E-state index >= 15 is 0 Å². The van der Waals surface area contributed by atoms with E-state index in [4.69, 9.17) is 5.11 Å². The minimum Gasteiger partial charge on any atom is -0.478 e. The molecular weight excluding hydrogens is 317 g/mol. The molecule has 0 radical (unpaired) electrons. The maximum absolute atomic E-state index is 13.4. The number of carbonyl (C=O) groups is 1. The predicted octanol–water partition coefficient (Wildman–Crippen LogP) is 3.63. The van der Waals surface area contributed by atoms with Crippen LogP contribution in [0.15, 0.2) is 28.3 Å². The number of aromatic carboxylic acids is 1. The van der Waals surface area contributed by atoms with Crippen molar-refractivity contribution in [3.8, 4) is 0 Å². The molecule has 110 valence electrons. The zero-order chi connectivity index (χ0) is 15.7. The maximum atomic E-state index is 13.4. The van der Waals surface area contributed by atoms with Crippen LogP contribution in [0.3, 0.4) is 0 Å². The van der Waals surface area contributed by atoms with Crippen molar-refractivity contribution in [2.45, 2.75) is 9.92 Å². The van der Waals surface area contributed by atoms with E-state index in [1.54, 1.807) is 0 Å². The van der Waals surface area contributed by atoms with Crippen LogP contribution >= 0.6 is 11.8 Å². The van der Waals surface area contributed by atoms with Gasteiger partial charge >= 0.3 is 5.97 Å².